The maximum atomic E-state index is 12.7. The fraction of sp³-hybridized carbons (Fsp3) is 0.250. The summed E-state index contributed by atoms with van der Waals surface area (Å²) >= 11 is 1.16. The Balaban J connectivity index is 0.00000196. The molecule has 2 aromatic heterocycles. The van der Waals surface area contributed by atoms with Crippen LogP contribution in [0.15, 0.2) is 46.9 Å². The smallest absolute Gasteiger partial charge is 0.289 e. The predicted molar refractivity (Wildman–Crippen MR) is 107 cm³/mol. The number of hydrogen-bond acceptors (Lipinski definition) is 7. The minimum absolute atomic E-state index is 0. The van der Waals surface area contributed by atoms with Crippen molar-refractivity contribution in [3.8, 4) is 0 Å². The largest absolute Gasteiger partial charge is 0.352 e. The zero-order valence-electron chi connectivity index (χ0n) is 13.8. The molecule has 0 radical (unpaired) electrons. The van der Waals surface area contributed by atoms with Crippen LogP contribution >= 0.6 is 23.7 Å². The summed E-state index contributed by atoms with van der Waals surface area (Å²) in [5.74, 6) is 0.747. The van der Waals surface area contributed by atoms with Gasteiger partial charge in [-0.25, -0.2) is 9.97 Å². The van der Waals surface area contributed by atoms with Crippen molar-refractivity contribution < 1.29 is 8.42 Å². The number of nitrogens with zero attached hydrogens (tertiary/aromatic N) is 3. The van der Waals surface area contributed by atoms with E-state index in [4.69, 9.17) is 0 Å². The quantitative estimate of drug-likeness (QED) is 0.685. The minimum Gasteiger partial charge on any atom is -0.352 e. The number of benzene rings is 1. The third-order valence-corrected chi connectivity index (χ3v) is 6.72. The molecule has 7 nitrogen and oxygen atoms in total. The lowest BCUT2D eigenvalue weighted by atomic mass is 10.3. The van der Waals surface area contributed by atoms with Crippen LogP contribution in [-0.2, 0) is 10.0 Å². The highest BCUT2D eigenvalue weighted by Gasteiger charge is 2.23. The van der Waals surface area contributed by atoms with Crippen molar-refractivity contribution in [3.05, 3.63) is 42.6 Å². The average molecular weight is 412 g/mol. The van der Waals surface area contributed by atoms with Crippen LogP contribution in [0.25, 0.3) is 10.2 Å². The number of hydrogen-bond donors (Lipinski definition) is 2. The van der Waals surface area contributed by atoms with E-state index >= 15 is 0 Å². The summed E-state index contributed by atoms with van der Waals surface area (Å²) in [4.78, 5) is 11.0. The number of pyridine rings is 1. The molecule has 10 heteroatoms. The highest BCUT2D eigenvalue weighted by molar-refractivity contribution is 7.94. The standard InChI is InChI=1S/C16H17N5O2S2.ClH/c22-25(23,20-12-4-2-1-3-5-12)16-19-14-13(24-16)6-7-18-15(14)21-10-8-17-9-11-21;/h1-7,17,20H,8-11H2;1H. The number of para-hydroxylation sites is 1. The molecule has 0 spiro atoms. The molecule has 0 atom stereocenters. The van der Waals surface area contributed by atoms with Crippen molar-refractivity contribution in [2.45, 2.75) is 4.34 Å². The first-order chi connectivity index (χ1) is 12.1. The van der Waals surface area contributed by atoms with Gasteiger partial charge in [0.25, 0.3) is 10.0 Å². The number of anilines is 2. The van der Waals surface area contributed by atoms with Crippen molar-refractivity contribution in [2.75, 3.05) is 35.8 Å². The van der Waals surface area contributed by atoms with Crippen LogP contribution in [-0.4, -0.2) is 44.6 Å². The number of thiazole rings is 1. The van der Waals surface area contributed by atoms with Crippen molar-refractivity contribution in [1.82, 2.24) is 15.3 Å². The van der Waals surface area contributed by atoms with Gasteiger partial charge in [-0.05, 0) is 18.2 Å². The van der Waals surface area contributed by atoms with E-state index in [0.717, 1.165) is 48.0 Å². The molecule has 0 amide bonds. The lowest BCUT2D eigenvalue weighted by Crippen LogP contribution is -2.44. The molecule has 1 aliphatic rings. The Morgan fingerprint density at radius 3 is 2.58 bits per heavy atom. The number of halogens is 1. The van der Waals surface area contributed by atoms with Gasteiger partial charge in [-0.3, -0.25) is 4.72 Å². The highest BCUT2D eigenvalue weighted by atomic mass is 35.5. The number of rotatable bonds is 4. The molecular formula is C16H18ClN5O2S2. The molecule has 0 unspecified atom stereocenters. The third-order valence-electron chi connectivity index (χ3n) is 3.94. The fourth-order valence-electron chi connectivity index (χ4n) is 2.75. The summed E-state index contributed by atoms with van der Waals surface area (Å²) in [6.07, 6.45) is 1.71. The molecule has 0 aliphatic carbocycles. The maximum absolute atomic E-state index is 12.7. The summed E-state index contributed by atoms with van der Waals surface area (Å²) in [6, 6.07) is 10.6. The number of nitrogens with one attached hydrogen (secondary N) is 2. The summed E-state index contributed by atoms with van der Waals surface area (Å²) < 4.78 is 28.7. The van der Waals surface area contributed by atoms with Gasteiger partial charge in [0.1, 0.15) is 5.52 Å². The first-order valence-electron chi connectivity index (χ1n) is 7.92. The normalized spacial score (nSPS) is 14.8. The predicted octanol–water partition coefficient (Wildman–Crippen LogP) is 2.32. The zero-order chi connectivity index (χ0) is 17.3. The summed E-state index contributed by atoms with van der Waals surface area (Å²) in [5.41, 5.74) is 1.16. The van der Waals surface area contributed by atoms with E-state index in [-0.39, 0.29) is 16.7 Å². The Morgan fingerprint density at radius 2 is 1.85 bits per heavy atom. The van der Waals surface area contributed by atoms with Crippen LogP contribution in [0.5, 0.6) is 0 Å². The molecule has 3 aromatic rings. The Morgan fingerprint density at radius 1 is 1.12 bits per heavy atom. The molecule has 1 aromatic carbocycles. The number of aromatic nitrogens is 2. The van der Waals surface area contributed by atoms with Gasteiger partial charge in [-0.1, -0.05) is 18.2 Å². The van der Waals surface area contributed by atoms with Gasteiger partial charge in [-0.15, -0.1) is 23.7 Å². The third kappa shape index (κ3) is 3.75. The molecular weight excluding hydrogens is 394 g/mol. The Labute approximate surface area is 161 Å². The van der Waals surface area contributed by atoms with Crippen molar-refractivity contribution >= 4 is 55.5 Å². The Bertz CT molecular complexity index is 988. The SMILES string of the molecule is Cl.O=S(=O)(Nc1ccccc1)c1nc2c(N3CCNCC3)nccc2s1. The molecule has 4 rings (SSSR count). The first-order valence-corrected chi connectivity index (χ1v) is 10.2. The molecule has 26 heavy (non-hydrogen) atoms. The molecule has 0 bridgehead atoms. The van der Waals surface area contributed by atoms with E-state index in [1.807, 2.05) is 6.07 Å². The molecule has 3 heterocycles. The van der Waals surface area contributed by atoms with E-state index in [2.05, 4.69) is 24.9 Å². The van der Waals surface area contributed by atoms with E-state index < -0.39 is 10.0 Å². The van der Waals surface area contributed by atoms with Gasteiger partial charge in [0.2, 0.25) is 4.34 Å². The molecule has 2 N–H and O–H groups in total. The Hall–Kier alpha value is -1.94. The second-order valence-corrected chi connectivity index (χ2v) is 8.56. The van der Waals surface area contributed by atoms with Crippen LogP contribution < -0.4 is 14.9 Å². The maximum Gasteiger partial charge on any atom is 0.289 e. The minimum atomic E-state index is -3.72. The molecule has 138 valence electrons. The molecule has 0 saturated carbocycles. The van der Waals surface area contributed by atoms with Gasteiger partial charge < -0.3 is 10.2 Å². The van der Waals surface area contributed by atoms with E-state index in [1.54, 1.807) is 36.5 Å². The monoisotopic (exact) mass is 411 g/mol. The summed E-state index contributed by atoms with van der Waals surface area (Å²) in [7, 11) is -3.72. The number of piperazine rings is 1. The zero-order valence-corrected chi connectivity index (χ0v) is 16.2. The van der Waals surface area contributed by atoms with Crippen LogP contribution in [0.4, 0.5) is 11.5 Å². The molecule has 1 aliphatic heterocycles. The second-order valence-electron chi connectivity index (χ2n) is 5.67. The number of sulfonamides is 1. The van der Waals surface area contributed by atoms with Crippen molar-refractivity contribution in [1.29, 1.82) is 0 Å². The first kappa shape index (κ1) is 18.8. The molecule has 1 saturated heterocycles. The van der Waals surface area contributed by atoms with E-state index in [0.29, 0.717) is 11.2 Å². The van der Waals surface area contributed by atoms with E-state index in [1.165, 1.54) is 0 Å². The van der Waals surface area contributed by atoms with Gasteiger partial charge >= 0.3 is 0 Å². The van der Waals surface area contributed by atoms with Crippen molar-refractivity contribution in [2.24, 2.45) is 0 Å². The second kappa shape index (κ2) is 7.75. The van der Waals surface area contributed by atoms with E-state index in [9.17, 15) is 8.42 Å². The fourth-order valence-corrected chi connectivity index (χ4v) is 5.02. The lowest BCUT2D eigenvalue weighted by Gasteiger charge is -2.28. The van der Waals surface area contributed by atoms with Crippen LogP contribution in [0.1, 0.15) is 0 Å². The number of fused-ring (bicyclic) bond motifs is 1. The average Bonchev–Trinajstić information content (AvgIpc) is 3.08. The van der Waals surface area contributed by atoms with Crippen molar-refractivity contribution in [3.63, 3.8) is 0 Å². The summed E-state index contributed by atoms with van der Waals surface area (Å²) in [6.45, 7) is 3.41. The van der Waals surface area contributed by atoms with Gasteiger partial charge in [0.05, 0.1) is 4.70 Å². The van der Waals surface area contributed by atoms with Crippen LogP contribution in [0, 0.1) is 0 Å². The summed E-state index contributed by atoms with van der Waals surface area (Å²) in [5, 5.41) is 3.30. The highest BCUT2D eigenvalue weighted by Crippen LogP contribution is 2.31. The van der Waals surface area contributed by atoms with Crippen LogP contribution in [0.3, 0.4) is 0 Å². The Kier molecular flexibility index (Phi) is 5.61. The van der Waals surface area contributed by atoms with Gasteiger partial charge in [-0.2, -0.15) is 8.42 Å². The van der Waals surface area contributed by atoms with Gasteiger partial charge in [0, 0.05) is 38.1 Å². The van der Waals surface area contributed by atoms with Gasteiger partial charge in [0.15, 0.2) is 5.82 Å². The lowest BCUT2D eigenvalue weighted by molar-refractivity contribution is 0.586. The topological polar surface area (TPSA) is 87.2 Å². The molecule has 1 fully saturated rings. The van der Waals surface area contributed by atoms with Crippen LogP contribution in [0.2, 0.25) is 0 Å².